The van der Waals surface area contributed by atoms with E-state index in [1.807, 2.05) is 17.0 Å². The summed E-state index contributed by atoms with van der Waals surface area (Å²) in [5.74, 6) is 0.248. The lowest BCUT2D eigenvalue weighted by molar-refractivity contribution is -0.134. The van der Waals surface area contributed by atoms with Crippen molar-refractivity contribution in [2.75, 3.05) is 13.1 Å². The Morgan fingerprint density at radius 1 is 1.42 bits per heavy atom. The molecule has 0 aliphatic carbocycles. The average Bonchev–Trinajstić information content (AvgIpc) is 2.91. The Hall–Kier alpha value is -0.770. The number of nitrogens with one attached hydrogen (secondary N) is 1. The highest BCUT2D eigenvalue weighted by Crippen LogP contribution is 2.26. The number of carbonyl (C=O) groups is 1. The molecule has 1 N–H and O–H groups in total. The van der Waals surface area contributed by atoms with Crippen LogP contribution in [0.4, 0.5) is 0 Å². The molecule has 2 heterocycles. The summed E-state index contributed by atoms with van der Waals surface area (Å²) in [6.07, 6.45) is 2.94. The second-order valence-electron chi connectivity index (χ2n) is 5.04. The maximum Gasteiger partial charge on any atom is 0.240 e. The molecular formula is C14H18Cl2N2O. The molecule has 0 spiro atoms. The first-order valence-electron chi connectivity index (χ1n) is 6.54. The first-order valence-corrected chi connectivity index (χ1v) is 6.92. The molecule has 1 unspecified atom stereocenters. The van der Waals surface area contributed by atoms with Crippen molar-refractivity contribution in [1.29, 1.82) is 0 Å². The van der Waals surface area contributed by atoms with Crippen LogP contribution in [-0.2, 0) is 17.8 Å². The van der Waals surface area contributed by atoms with Crippen LogP contribution in [0.5, 0.6) is 0 Å². The maximum atomic E-state index is 12.3. The number of amides is 1. The van der Waals surface area contributed by atoms with Gasteiger partial charge in [0.05, 0.1) is 6.04 Å². The molecule has 1 aromatic rings. The van der Waals surface area contributed by atoms with Crippen molar-refractivity contribution in [2.24, 2.45) is 0 Å². The molecule has 2 aliphatic rings. The van der Waals surface area contributed by atoms with Crippen LogP contribution in [0.1, 0.15) is 24.0 Å². The van der Waals surface area contributed by atoms with Crippen LogP contribution in [0, 0.1) is 0 Å². The number of carbonyl (C=O) groups excluding carboxylic acids is 1. The minimum atomic E-state index is 0. The third-order valence-electron chi connectivity index (χ3n) is 3.88. The van der Waals surface area contributed by atoms with Gasteiger partial charge in [0.2, 0.25) is 5.91 Å². The van der Waals surface area contributed by atoms with Crippen molar-refractivity contribution in [3.63, 3.8) is 0 Å². The molecule has 1 aromatic carbocycles. The first-order chi connectivity index (χ1) is 8.75. The highest BCUT2D eigenvalue weighted by molar-refractivity contribution is 6.31. The molecule has 3 nitrogen and oxygen atoms in total. The maximum absolute atomic E-state index is 12.3. The minimum Gasteiger partial charge on any atom is -0.337 e. The Morgan fingerprint density at radius 2 is 2.26 bits per heavy atom. The van der Waals surface area contributed by atoms with Gasteiger partial charge in [0.15, 0.2) is 0 Å². The summed E-state index contributed by atoms with van der Waals surface area (Å²) in [6, 6.07) is 5.99. The molecule has 104 valence electrons. The van der Waals surface area contributed by atoms with Gasteiger partial charge < -0.3 is 10.2 Å². The van der Waals surface area contributed by atoms with Gasteiger partial charge in [0.1, 0.15) is 0 Å². The zero-order chi connectivity index (χ0) is 12.5. The summed E-state index contributed by atoms with van der Waals surface area (Å²) in [5.41, 5.74) is 2.41. The normalized spacial score (nSPS) is 21.7. The number of hydrogen-bond donors (Lipinski definition) is 1. The van der Waals surface area contributed by atoms with Crippen LogP contribution in [0.25, 0.3) is 0 Å². The van der Waals surface area contributed by atoms with Crippen molar-refractivity contribution in [1.82, 2.24) is 10.2 Å². The highest BCUT2D eigenvalue weighted by Gasteiger charge is 2.29. The number of hydrogen-bond acceptors (Lipinski definition) is 2. The summed E-state index contributed by atoms with van der Waals surface area (Å²) >= 11 is 6.18. The monoisotopic (exact) mass is 300 g/mol. The second-order valence-corrected chi connectivity index (χ2v) is 5.44. The standard InChI is InChI=1S/C14H17ClN2O.ClH/c15-12-4-1-3-10-9-17(8-6-11(10)12)14(18)13-5-2-7-16-13;/h1,3-4,13,16H,2,5-9H2;1H. The molecular weight excluding hydrogens is 283 g/mol. The molecule has 2 aliphatic heterocycles. The van der Waals surface area contributed by atoms with Gasteiger partial charge in [-0.25, -0.2) is 0 Å². The van der Waals surface area contributed by atoms with E-state index < -0.39 is 0 Å². The van der Waals surface area contributed by atoms with Crippen molar-refractivity contribution in [3.05, 3.63) is 34.3 Å². The van der Waals surface area contributed by atoms with E-state index in [1.54, 1.807) is 0 Å². The zero-order valence-corrected chi connectivity index (χ0v) is 12.3. The molecule has 1 atom stereocenters. The summed E-state index contributed by atoms with van der Waals surface area (Å²) in [6.45, 7) is 2.45. The number of halogens is 2. The molecule has 1 saturated heterocycles. The fourth-order valence-electron chi connectivity index (χ4n) is 2.87. The van der Waals surface area contributed by atoms with E-state index in [1.165, 1.54) is 11.1 Å². The van der Waals surface area contributed by atoms with E-state index in [4.69, 9.17) is 11.6 Å². The molecule has 0 saturated carbocycles. The van der Waals surface area contributed by atoms with Gasteiger partial charge in [0, 0.05) is 18.1 Å². The number of rotatable bonds is 1. The quantitative estimate of drug-likeness (QED) is 0.864. The third kappa shape index (κ3) is 2.88. The van der Waals surface area contributed by atoms with Crippen LogP contribution in [0.3, 0.4) is 0 Å². The summed E-state index contributed by atoms with van der Waals surface area (Å²) in [7, 11) is 0. The fourth-order valence-corrected chi connectivity index (χ4v) is 3.16. The van der Waals surface area contributed by atoms with E-state index >= 15 is 0 Å². The predicted octanol–water partition coefficient (Wildman–Crippen LogP) is 2.40. The van der Waals surface area contributed by atoms with Gasteiger partial charge in [0.25, 0.3) is 0 Å². The van der Waals surface area contributed by atoms with Crippen LogP contribution < -0.4 is 5.32 Å². The molecule has 5 heteroatoms. The lowest BCUT2D eigenvalue weighted by Gasteiger charge is -2.31. The van der Waals surface area contributed by atoms with Crippen molar-refractivity contribution in [3.8, 4) is 0 Å². The van der Waals surface area contributed by atoms with E-state index in [2.05, 4.69) is 11.4 Å². The number of nitrogens with zero attached hydrogens (tertiary/aromatic N) is 1. The van der Waals surface area contributed by atoms with Gasteiger partial charge in [-0.2, -0.15) is 0 Å². The molecule has 1 amide bonds. The molecule has 3 rings (SSSR count). The predicted molar refractivity (Wildman–Crippen MR) is 78.8 cm³/mol. The molecule has 1 fully saturated rings. The van der Waals surface area contributed by atoms with E-state index in [0.29, 0.717) is 6.54 Å². The lowest BCUT2D eigenvalue weighted by Crippen LogP contribution is -2.45. The molecule has 0 bridgehead atoms. The molecule has 0 aromatic heterocycles. The number of benzene rings is 1. The van der Waals surface area contributed by atoms with Crippen LogP contribution in [0.2, 0.25) is 5.02 Å². The van der Waals surface area contributed by atoms with E-state index in [-0.39, 0.29) is 24.4 Å². The largest absolute Gasteiger partial charge is 0.337 e. The van der Waals surface area contributed by atoms with E-state index in [0.717, 1.165) is 37.4 Å². The van der Waals surface area contributed by atoms with Gasteiger partial charge in [-0.05, 0) is 43.0 Å². The summed E-state index contributed by atoms with van der Waals surface area (Å²) in [4.78, 5) is 14.3. The Kier molecular flexibility index (Phi) is 4.71. The SMILES string of the molecule is Cl.O=C(C1CCCN1)N1CCc2c(Cl)cccc2C1. The first kappa shape index (κ1) is 14.6. The van der Waals surface area contributed by atoms with Crippen molar-refractivity contribution in [2.45, 2.75) is 31.8 Å². The minimum absolute atomic E-state index is 0. The smallest absolute Gasteiger partial charge is 0.240 e. The number of fused-ring (bicyclic) bond motifs is 1. The van der Waals surface area contributed by atoms with Crippen LogP contribution in [0.15, 0.2) is 18.2 Å². The topological polar surface area (TPSA) is 32.3 Å². The van der Waals surface area contributed by atoms with Gasteiger partial charge in [-0.15, -0.1) is 12.4 Å². The zero-order valence-electron chi connectivity index (χ0n) is 10.7. The van der Waals surface area contributed by atoms with Gasteiger partial charge in [-0.1, -0.05) is 23.7 Å². The molecule has 0 radical (unpaired) electrons. The summed E-state index contributed by atoms with van der Waals surface area (Å²) in [5, 5.41) is 4.10. The fraction of sp³-hybridized carbons (Fsp3) is 0.500. The average molecular weight is 301 g/mol. The lowest BCUT2D eigenvalue weighted by atomic mass is 9.99. The van der Waals surface area contributed by atoms with Gasteiger partial charge in [-0.3, -0.25) is 4.79 Å². The van der Waals surface area contributed by atoms with Gasteiger partial charge >= 0.3 is 0 Å². The van der Waals surface area contributed by atoms with E-state index in [9.17, 15) is 4.79 Å². The second kappa shape index (κ2) is 6.12. The Labute approximate surface area is 124 Å². The molecule has 19 heavy (non-hydrogen) atoms. The highest BCUT2D eigenvalue weighted by atomic mass is 35.5. The third-order valence-corrected chi connectivity index (χ3v) is 4.23. The Morgan fingerprint density at radius 3 is 3.00 bits per heavy atom. The van der Waals surface area contributed by atoms with Crippen molar-refractivity contribution < 1.29 is 4.79 Å². The summed E-state index contributed by atoms with van der Waals surface area (Å²) < 4.78 is 0. The van der Waals surface area contributed by atoms with Crippen molar-refractivity contribution >= 4 is 29.9 Å². The Bertz CT molecular complexity index is 473. The van der Waals surface area contributed by atoms with Crippen LogP contribution >= 0.6 is 24.0 Å². The van der Waals surface area contributed by atoms with Crippen LogP contribution in [-0.4, -0.2) is 29.9 Å². The Balaban J connectivity index is 0.00000133.